The van der Waals surface area contributed by atoms with Crippen molar-refractivity contribution in [3.05, 3.63) is 47.2 Å². The van der Waals surface area contributed by atoms with Crippen LogP contribution in [0.1, 0.15) is 109 Å². The maximum absolute atomic E-state index is 13.3. The van der Waals surface area contributed by atoms with E-state index >= 15 is 0 Å². The van der Waals surface area contributed by atoms with Crippen LogP contribution in [0.25, 0.3) is 0 Å². The van der Waals surface area contributed by atoms with Crippen molar-refractivity contribution in [1.29, 1.82) is 0 Å². The quantitative estimate of drug-likeness (QED) is 0.361. The van der Waals surface area contributed by atoms with Crippen LogP contribution in [0.3, 0.4) is 0 Å². The molecule has 242 valence electrons. The number of piperidine rings is 1. The van der Waals surface area contributed by atoms with Gasteiger partial charge < -0.3 is 34.2 Å². The summed E-state index contributed by atoms with van der Waals surface area (Å²) in [6.07, 6.45) is 0.741. The highest BCUT2D eigenvalue weighted by molar-refractivity contribution is 5.80. The molecule has 1 aromatic heterocycles. The topological polar surface area (TPSA) is 153 Å². The second-order valence-electron chi connectivity index (χ2n) is 13.4. The number of nitrogens with zero attached hydrogens (tertiary/aromatic N) is 3. The third-order valence-electron chi connectivity index (χ3n) is 6.92. The van der Waals surface area contributed by atoms with Gasteiger partial charge in [-0.25, -0.2) is 9.59 Å². The van der Waals surface area contributed by atoms with E-state index in [-0.39, 0.29) is 42.2 Å². The zero-order valence-corrected chi connectivity index (χ0v) is 27.2. The monoisotopic (exact) mass is 613 g/mol. The van der Waals surface area contributed by atoms with Gasteiger partial charge in [-0.3, -0.25) is 4.79 Å². The fourth-order valence-electron chi connectivity index (χ4n) is 4.68. The lowest BCUT2D eigenvalue weighted by Crippen LogP contribution is -2.45. The minimum atomic E-state index is -0.710. The number of alkyl carbamates (subject to hydrolysis) is 1. The lowest BCUT2D eigenvalue weighted by Gasteiger charge is -2.33. The molecule has 0 unspecified atom stereocenters. The number of benzene rings is 1. The first kappa shape index (κ1) is 34.5. The highest BCUT2D eigenvalue weighted by atomic mass is 16.6. The third-order valence-corrected chi connectivity index (χ3v) is 6.92. The van der Waals surface area contributed by atoms with Gasteiger partial charge in [-0.05, 0) is 80.2 Å². The van der Waals surface area contributed by atoms with Gasteiger partial charge in [0.25, 0.3) is 0 Å². The molecule has 2 atom stereocenters. The van der Waals surface area contributed by atoms with Crippen molar-refractivity contribution < 1.29 is 33.1 Å². The van der Waals surface area contributed by atoms with Crippen LogP contribution < -0.4 is 10.6 Å². The molecule has 1 aliphatic heterocycles. The molecule has 0 spiro atoms. The molecule has 0 radical (unpaired) electrons. The van der Waals surface area contributed by atoms with E-state index in [9.17, 15) is 19.2 Å². The number of amides is 3. The smallest absolute Gasteiger partial charge is 0.410 e. The number of rotatable bonds is 10. The van der Waals surface area contributed by atoms with Crippen molar-refractivity contribution in [2.75, 3.05) is 13.1 Å². The van der Waals surface area contributed by atoms with Crippen LogP contribution >= 0.6 is 0 Å². The summed E-state index contributed by atoms with van der Waals surface area (Å²) in [6.45, 7) is 15.0. The number of carbonyl (C=O) groups excluding carboxylic acids is 4. The Morgan fingerprint density at radius 1 is 0.909 bits per heavy atom. The summed E-state index contributed by atoms with van der Waals surface area (Å²) in [7, 11) is 0. The minimum Gasteiger partial charge on any atom is -0.444 e. The Morgan fingerprint density at radius 2 is 1.48 bits per heavy atom. The van der Waals surface area contributed by atoms with Gasteiger partial charge in [-0.2, -0.15) is 0 Å². The number of nitrogens with one attached hydrogen (secondary N) is 2. The van der Waals surface area contributed by atoms with Crippen molar-refractivity contribution in [3.63, 3.8) is 0 Å². The van der Waals surface area contributed by atoms with Crippen molar-refractivity contribution in [3.8, 4) is 0 Å². The fourth-order valence-corrected chi connectivity index (χ4v) is 4.68. The molecule has 1 aromatic carbocycles. The molecule has 2 aromatic rings. The summed E-state index contributed by atoms with van der Waals surface area (Å²) in [6, 6.07) is 6.46. The number of carbonyl (C=O) groups is 4. The molecule has 3 rings (SSSR count). The first-order valence-corrected chi connectivity index (χ1v) is 15.1. The highest BCUT2D eigenvalue weighted by Crippen LogP contribution is 2.26. The highest BCUT2D eigenvalue weighted by Gasteiger charge is 2.33. The summed E-state index contributed by atoms with van der Waals surface area (Å²) < 4.78 is 17.0. The van der Waals surface area contributed by atoms with E-state index < -0.39 is 35.5 Å². The van der Waals surface area contributed by atoms with Crippen LogP contribution in [0.2, 0.25) is 0 Å². The predicted octanol–water partition coefficient (Wildman–Crippen LogP) is 5.36. The molecule has 3 amide bonds. The summed E-state index contributed by atoms with van der Waals surface area (Å²) >= 11 is 0. The molecule has 0 aliphatic carbocycles. The van der Waals surface area contributed by atoms with E-state index in [1.165, 1.54) is 6.92 Å². The lowest BCUT2D eigenvalue weighted by molar-refractivity contribution is -0.127. The van der Waals surface area contributed by atoms with Gasteiger partial charge in [0.05, 0.1) is 0 Å². The fraction of sp³-hybridized carbons (Fsp3) is 0.625. The van der Waals surface area contributed by atoms with Gasteiger partial charge >= 0.3 is 12.2 Å². The molecule has 1 saturated heterocycles. The number of ketones is 1. The molecule has 12 heteroatoms. The Labute approximate surface area is 259 Å². The van der Waals surface area contributed by atoms with E-state index in [1.54, 1.807) is 25.7 Å². The third kappa shape index (κ3) is 11.3. The molecule has 2 N–H and O–H groups in total. The molecule has 0 bridgehead atoms. The number of ether oxygens (including phenoxy) is 2. The van der Waals surface area contributed by atoms with Crippen LogP contribution in [0.5, 0.6) is 0 Å². The van der Waals surface area contributed by atoms with Gasteiger partial charge in [-0.15, -0.1) is 10.2 Å². The second-order valence-corrected chi connectivity index (χ2v) is 13.4. The Morgan fingerprint density at radius 3 is 2.02 bits per heavy atom. The number of hydrogen-bond acceptors (Lipinski definition) is 9. The Bertz CT molecular complexity index is 1290. The van der Waals surface area contributed by atoms with E-state index in [0.29, 0.717) is 32.4 Å². The second kappa shape index (κ2) is 14.7. The average molecular weight is 614 g/mol. The van der Waals surface area contributed by atoms with Gasteiger partial charge in [0, 0.05) is 31.8 Å². The zero-order chi connectivity index (χ0) is 32.7. The van der Waals surface area contributed by atoms with Crippen LogP contribution in [0.15, 0.2) is 28.7 Å². The van der Waals surface area contributed by atoms with E-state index in [2.05, 4.69) is 20.8 Å². The Kier molecular flexibility index (Phi) is 11.5. The average Bonchev–Trinajstić information content (AvgIpc) is 3.40. The maximum Gasteiger partial charge on any atom is 0.410 e. The Hall–Kier alpha value is -3.96. The van der Waals surface area contributed by atoms with Crippen molar-refractivity contribution in [1.82, 2.24) is 25.7 Å². The first-order valence-electron chi connectivity index (χ1n) is 15.1. The SMILES string of the molecule is CC(=O)CC[C@H](NC(=O)C1CCN(C(=O)OC(C)(C)C)CC1)c1nnc([C@H](Cc2ccc(C)cc2)NC(=O)OC(C)(C)C)o1. The predicted molar refractivity (Wildman–Crippen MR) is 163 cm³/mol. The number of aromatic nitrogens is 2. The minimum absolute atomic E-state index is 0.0431. The molecule has 44 heavy (non-hydrogen) atoms. The van der Waals surface area contributed by atoms with Crippen LogP contribution in [-0.2, 0) is 25.5 Å². The van der Waals surface area contributed by atoms with Crippen molar-refractivity contribution in [2.45, 2.75) is 111 Å². The molecule has 2 heterocycles. The van der Waals surface area contributed by atoms with Gasteiger partial charge in [0.1, 0.15) is 29.1 Å². The number of hydrogen-bond donors (Lipinski definition) is 2. The summed E-state index contributed by atoms with van der Waals surface area (Å²) in [4.78, 5) is 51.9. The number of Topliss-reactive ketones (excluding diaryl/α,β-unsaturated/α-hetero) is 1. The van der Waals surface area contributed by atoms with E-state index in [1.807, 2.05) is 52.0 Å². The van der Waals surface area contributed by atoms with Gasteiger partial charge in [-0.1, -0.05) is 29.8 Å². The van der Waals surface area contributed by atoms with E-state index in [4.69, 9.17) is 13.9 Å². The van der Waals surface area contributed by atoms with Crippen LogP contribution in [0, 0.1) is 12.8 Å². The van der Waals surface area contributed by atoms with Crippen LogP contribution in [-0.4, -0.2) is 63.3 Å². The van der Waals surface area contributed by atoms with E-state index in [0.717, 1.165) is 11.1 Å². The van der Waals surface area contributed by atoms with Crippen LogP contribution in [0.4, 0.5) is 9.59 Å². The number of aryl methyl sites for hydroxylation is 1. The summed E-state index contributed by atoms with van der Waals surface area (Å²) in [5.41, 5.74) is 0.740. The summed E-state index contributed by atoms with van der Waals surface area (Å²) in [5, 5.41) is 14.3. The normalized spacial score (nSPS) is 15.7. The molecule has 12 nitrogen and oxygen atoms in total. The first-order chi connectivity index (χ1) is 20.5. The standard InChI is InChI=1S/C32H47N5O7/c1-20-9-12-22(13-10-20)19-25(34-29(40)43-31(3,4)5)28-36-35-27(42-28)24(14-11-21(2)38)33-26(39)23-15-17-37(18-16-23)30(41)44-32(6,7)8/h9-10,12-13,23-25H,11,14-19H2,1-8H3,(H,33,39)(H,34,40)/t24-,25-/m0/s1. The van der Waals surface area contributed by atoms with Gasteiger partial charge in [0.15, 0.2) is 0 Å². The maximum atomic E-state index is 13.3. The molecular weight excluding hydrogens is 566 g/mol. The zero-order valence-electron chi connectivity index (χ0n) is 27.2. The number of likely N-dealkylation sites (tertiary alicyclic amines) is 1. The van der Waals surface area contributed by atoms with Crippen molar-refractivity contribution in [2.24, 2.45) is 5.92 Å². The summed E-state index contributed by atoms with van der Waals surface area (Å²) in [5.74, 6) is -0.303. The lowest BCUT2D eigenvalue weighted by atomic mass is 9.95. The Balaban J connectivity index is 1.75. The van der Waals surface area contributed by atoms with Gasteiger partial charge in [0.2, 0.25) is 17.7 Å². The van der Waals surface area contributed by atoms with Crippen molar-refractivity contribution >= 4 is 23.9 Å². The molecule has 1 aliphatic rings. The molecule has 0 saturated carbocycles. The molecular formula is C32H47N5O7. The molecule has 1 fully saturated rings. The largest absolute Gasteiger partial charge is 0.444 e.